The molecule has 0 saturated carbocycles. The molecule has 0 aliphatic carbocycles. The second-order valence-corrected chi connectivity index (χ2v) is 9.45. The van der Waals surface area contributed by atoms with Gasteiger partial charge in [-0.3, -0.25) is 35.2 Å². The molecular formula is C26H40N4O8. The van der Waals surface area contributed by atoms with Gasteiger partial charge in [-0.2, -0.15) is 0 Å². The number of hydrogen-bond acceptors (Lipinski definition) is 11. The Kier molecular flexibility index (Phi) is 12.4. The first kappa shape index (κ1) is 29.9. The van der Waals surface area contributed by atoms with Gasteiger partial charge in [0.1, 0.15) is 12.1 Å². The number of fused-ring (bicyclic) bond motifs is 1. The molecule has 3 unspecified atom stereocenters. The van der Waals surface area contributed by atoms with Crippen LogP contribution in [-0.4, -0.2) is 94.7 Å². The zero-order valence-electron chi connectivity index (χ0n) is 22.0. The molecule has 2 fully saturated rings. The molecule has 12 nitrogen and oxygen atoms in total. The maximum Gasteiger partial charge on any atom is 0.330 e. The fraction of sp³-hybridized carbons (Fsp3) is 0.654. The van der Waals surface area contributed by atoms with Gasteiger partial charge in [0.25, 0.3) is 5.91 Å². The number of unbranched alkanes of at least 4 members (excludes halogenated alkanes) is 1. The smallest absolute Gasteiger partial charge is 0.330 e. The molecule has 0 spiro atoms. The molecule has 2 heterocycles. The van der Waals surface area contributed by atoms with E-state index in [4.69, 9.17) is 19.9 Å². The summed E-state index contributed by atoms with van der Waals surface area (Å²) in [6.45, 7) is 3.51. The highest BCUT2D eigenvalue weighted by Crippen LogP contribution is 2.25. The number of carbonyl (C=O) groups is 3. The Balaban J connectivity index is 1.63. The van der Waals surface area contributed by atoms with E-state index >= 15 is 0 Å². The molecule has 1 aromatic rings. The number of esters is 2. The second-order valence-electron chi connectivity index (χ2n) is 9.45. The van der Waals surface area contributed by atoms with Crippen molar-refractivity contribution in [2.75, 3.05) is 32.9 Å². The highest BCUT2D eigenvalue weighted by molar-refractivity contribution is 5.88. The predicted octanol–water partition coefficient (Wildman–Crippen LogP) is 1.85. The van der Waals surface area contributed by atoms with Crippen LogP contribution in [0, 0.1) is 0 Å². The number of amides is 1. The van der Waals surface area contributed by atoms with Crippen molar-refractivity contribution in [2.45, 2.75) is 76.4 Å². The summed E-state index contributed by atoms with van der Waals surface area (Å²) in [5, 5.41) is 23.5. The largest absolute Gasteiger partial charge is 0.465 e. The van der Waals surface area contributed by atoms with Gasteiger partial charge >= 0.3 is 11.9 Å². The standard InChI is InChI=1S/C26H40N4O8/c1-2-36-25(32)22(15-14-20-10-4-3-5-11-20)27-21-12-8-16-28-17-9-13-23(29(28)24(21)31)26(33)37-18-6-7-19-38-30(34)35/h3-5,10-11,21-23,27,34-35H,2,6-9,12-19H2,1H3. The van der Waals surface area contributed by atoms with Crippen molar-refractivity contribution in [3.05, 3.63) is 35.9 Å². The number of nitrogens with one attached hydrogen (secondary N) is 1. The first-order valence-corrected chi connectivity index (χ1v) is 13.4. The molecule has 0 radical (unpaired) electrons. The van der Waals surface area contributed by atoms with Crippen LogP contribution in [-0.2, 0) is 35.1 Å². The topological polar surface area (TPSA) is 141 Å². The SMILES string of the molecule is CCOC(=O)C(CCc1ccccc1)NC1CCCN2CCCC(C(=O)OCCCCON(O)O)N2C1=O. The maximum atomic E-state index is 13.8. The number of rotatable bonds is 14. The molecule has 12 heteroatoms. The number of carbonyl (C=O) groups excluding carboxylic acids is 3. The molecule has 38 heavy (non-hydrogen) atoms. The summed E-state index contributed by atoms with van der Waals surface area (Å²) in [5.41, 5.74) is 1.09. The summed E-state index contributed by atoms with van der Waals surface area (Å²) in [4.78, 5) is 44.0. The van der Waals surface area contributed by atoms with E-state index in [1.807, 2.05) is 35.3 Å². The van der Waals surface area contributed by atoms with Crippen molar-refractivity contribution in [3.63, 3.8) is 0 Å². The highest BCUT2D eigenvalue weighted by Gasteiger charge is 2.43. The van der Waals surface area contributed by atoms with Crippen molar-refractivity contribution in [2.24, 2.45) is 0 Å². The molecule has 0 bridgehead atoms. The van der Waals surface area contributed by atoms with E-state index in [9.17, 15) is 14.4 Å². The normalized spacial score (nSPS) is 21.1. The number of aryl methyl sites for hydroxylation is 1. The van der Waals surface area contributed by atoms with Gasteiger partial charge in [0, 0.05) is 13.1 Å². The minimum atomic E-state index is -0.731. The molecule has 1 aromatic carbocycles. The molecule has 2 aliphatic heterocycles. The lowest BCUT2D eigenvalue weighted by molar-refractivity contribution is -0.492. The summed E-state index contributed by atoms with van der Waals surface area (Å²) < 4.78 is 10.8. The average molecular weight is 537 g/mol. The van der Waals surface area contributed by atoms with Crippen LogP contribution in [0.3, 0.4) is 0 Å². The third-order valence-corrected chi connectivity index (χ3v) is 6.73. The molecule has 0 aromatic heterocycles. The molecule has 3 atom stereocenters. The Bertz CT molecular complexity index is 887. The van der Waals surface area contributed by atoms with Gasteiger partial charge in [0.05, 0.1) is 31.3 Å². The van der Waals surface area contributed by atoms with Crippen LogP contribution >= 0.6 is 0 Å². The van der Waals surface area contributed by atoms with Gasteiger partial charge in [-0.1, -0.05) is 30.3 Å². The monoisotopic (exact) mass is 536 g/mol. The Morgan fingerprint density at radius 1 is 1.08 bits per heavy atom. The lowest BCUT2D eigenvalue weighted by atomic mass is 10.0. The molecule has 2 saturated heterocycles. The molecule has 3 N–H and O–H groups in total. The number of benzene rings is 1. The number of nitrogens with zero attached hydrogens (tertiary/aromatic N) is 3. The summed E-state index contributed by atoms with van der Waals surface area (Å²) >= 11 is 0. The van der Waals surface area contributed by atoms with E-state index in [-0.39, 0.29) is 37.1 Å². The van der Waals surface area contributed by atoms with Crippen LogP contribution in [0.4, 0.5) is 0 Å². The van der Waals surface area contributed by atoms with E-state index in [1.54, 1.807) is 6.92 Å². The van der Waals surface area contributed by atoms with Crippen LogP contribution in [0.25, 0.3) is 0 Å². The zero-order valence-corrected chi connectivity index (χ0v) is 22.0. The number of ether oxygens (including phenoxy) is 2. The lowest BCUT2D eigenvalue weighted by Gasteiger charge is -2.42. The lowest BCUT2D eigenvalue weighted by Crippen LogP contribution is -2.62. The molecule has 2 aliphatic rings. The fourth-order valence-corrected chi connectivity index (χ4v) is 4.87. The van der Waals surface area contributed by atoms with E-state index in [0.717, 1.165) is 18.4 Å². The molecule has 212 valence electrons. The zero-order chi connectivity index (χ0) is 27.3. The summed E-state index contributed by atoms with van der Waals surface area (Å²) in [7, 11) is 0. The Labute approximate surface area is 223 Å². The summed E-state index contributed by atoms with van der Waals surface area (Å²) in [5.74, 6) is -1.10. The van der Waals surface area contributed by atoms with E-state index in [1.165, 1.54) is 5.01 Å². The number of hydrogen-bond donors (Lipinski definition) is 3. The van der Waals surface area contributed by atoms with Crippen LogP contribution in [0.2, 0.25) is 0 Å². The van der Waals surface area contributed by atoms with Gasteiger partial charge in [0.2, 0.25) is 0 Å². The van der Waals surface area contributed by atoms with Crippen molar-refractivity contribution >= 4 is 17.8 Å². The van der Waals surface area contributed by atoms with E-state index < -0.39 is 24.1 Å². The maximum absolute atomic E-state index is 13.8. The molecule has 1 amide bonds. The third-order valence-electron chi connectivity index (χ3n) is 6.73. The molecular weight excluding hydrogens is 496 g/mol. The van der Waals surface area contributed by atoms with Gasteiger partial charge in [0.15, 0.2) is 0 Å². The van der Waals surface area contributed by atoms with Crippen molar-refractivity contribution in [1.82, 2.24) is 20.7 Å². The van der Waals surface area contributed by atoms with Gasteiger partial charge in [-0.15, -0.1) is 0 Å². The Hall–Kier alpha value is -2.61. The number of hydrazine groups is 1. The Morgan fingerprint density at radius 2 is 1.79 bits per heavy atom. The first-order valence-electron chi connectivity index (χ1n) is 13.4. The highest BCUT2D eigenvalue weighted by atomic mass is 17.1. The van der Waals surface area contributed by atoms with Crippen molar-refractivity contribution < 1.29 is 39.1 Å². The average Bonchev–Trinajstić information content (AvgIpc) is 3.07. The van der Waals surface area contributed by atoms with Crippen LogP contribution in [0.1, 0.15) is 57.4 Å². The summed E-state index contributed by atoms with van der Waals surface area (Å²) in [6, 6.07) is 7.83. The first-order chi connectivity index (χ1) is 18.4. The quantitative estimate of drug-likeness (QED) is 0.182. The summed E-state index contributed by atoms with van der Waals surface area (Å²) in [6.07, 6.45) is 4.60. The second kappa shape index (κ2) is 15.7. The van der Waals surface area contributed by atoms with E-state index in [2.05, 4.69) is 10.2 Å². The molecule has 3 rings (SSSR count). The van der Waals surface area contributed by atoms with Gasteiger partial charge in [-0.25, -0.2) is 9.80 Å². The van der Waals surface area contributed by atoms with Crippen LogP contribution in [0.15, 0.2) is 30.3 Å². The van der Waals surface area contributed by atoms with Crippen LogP contribution < -0.4 is 5.32 Å². The van der Waals surface area contributed by atoms with Crippen molar-refractivity contribution in [1.29, 1.82) is 0 Å². The van der Waals surface area contributed by atoms with Gasteiger partial charge < -0.3 is 9.47 Å². The van der Waals surface area contributed by atoms with E-state index in [0.29, 0.717) is 51.6 Å². The third kappa shape index (κ3) is 9.00. The van der Waals surface area contributed by atoms with Crippen molar-refractivity contribution in [3.8, 4) is 0 Å². The minimum Gasteiger partial charge on any atom is -0.465 e. The predicted molar refractivity (Wildman–Crippen MR) is 134 cm³/mol. The fourth-order valence-electron chi connectivity index (χ4n) is 4.87. The minimum absolute atomic E-state index is 0.0611. The van der Waals surface area contributed by atoms with Gasteiger partial charge in [-0.05, 0) is 63.9 Å². The Morgan fingerprint density at radius 3 is 2.50 bits per heavy atom. The van der Waals surface area contributed by atoms with Crippen LogP contribution in [0.5, 0.6) is 0 Å².